The molecule has 1 atom stereocenters. The molecule has 2 heteroatoms. The predicted molar refractivity (Wildman–Crippen MR) is 83.3 cm³/mol. The molecular formula is C17H35NO. The third-order valence-electron chi connectivity index (χ3n) is 5.55. The first-order valence-corrected chi connectivity index (χ1v) is 8.37. The lowest BCUT2D eigenvalue weighted by atomic mass is 9.69. The monoisotopic (exact) mass is 269 g/mol. The average Bonchev–Trinajstić information content (AvgIpc) is 2.44. The molecule has 0 bridgehead atoms. The summed E-state index contributed by atoms with van der Waals surface area (Å²) in [5.41, 5.74) is 0.522. The summed E-state index contributed by atoms with van der Waals surface area (Å²) >= 11 is 0. The van der Waals surface area contributed by atoms with Gasteiger partial charge in [0.1, 0.15) is 0 Å². The van der Waals surface area contributed by atoms with Gasteiger partial charge in [-0.05, 0) is 55.9 Å². The maximum Gasteiger partial charge on any atom is 0.0434 e. The number of nitrogens with one attached hydrogen (secondary N) is 1. The van der Waals surface area contributed by atoms with Crippen LogP contribution in [0.25, 0.3) is 0 Å². The number of rotatable bonds is 8. The van der Waals surface area contributed by atoms with Crippen LogP contribution in [-0.4, -0.2) is 24.3 Å². The van der Waals surface area contributed by atoms with Gasteiger partial charge < -0.3 is 10.4 Å². The fourth-order valence-electron chi connectivity index (χ4n) is 3.33. The van der Waals surface area contributed by atoms with E-state index in [2.05, 4.69) is 33.0 Å². The molecule has 0 saturated heterocycles. The maximum atomic E-state index is 9.03. The second kappa shape index (κ2) is 8.26. The Hall–Kier alpha value is -0.0800. The molecule has 0 heterocycles. The molecule has 0 radical (unpaired) electrons. The van der Waals surface area contributed by atoms with Gasteiger partial charge >= 0.3 is 0 Å². The van der Waals surface area contributed by atoms with Crippen molar-refractivity contribution in [2.24, 2.45) is 17.3 Å². The van der Waals surface area contributed by atoms with Gasteiger partial charge in [-0.2, -0.15) is 0 Å². The molecule has 114 valence electrons. The third kappa shape index (κ3) is 5.43. The molecule has 1 saturated carbocycles. The van der Waals surface area contributed by atoms with Crippen LogP contribution >= 0.6 is 0 Å². The third-order valence-corrected chi connectivity index (χ3v) is 5.55. The Morgan fingerprint density at radius 1 is 1.16 bits per heavy atom. The van der Waals surface area contributed by atoms with E-state index in [1.807, 2.05) is 0 Å². The van der Waals surface area contributed by atoms with Crippen LogP contribution in [0.15, 0.2) is 0 Å². The fraction of sp³-hybridized carbons (Fsp3) is 1.00. The molecule has 0 amide bonds. The van der Waals surface area contributed by atoms with Crippen molar-refractivity contribution in [1.29, 1.82) is 0 Å². The van der Waals surface area contributed by atoms with Gasteiger partial charge in [0.15, 0.2) is 0 Å². The first-order valence-electron chi connectivity index (χ1n) is 8.37. The minimum Gasteiger partial charge on any atom is -0.396 e. The maximum absolute atomic E-state index is 9.03. The zero-order valence-electron chi connectivity index (χ0n) is 13.5. The quantitative estimate of drug-likeness (QED) is 0.698. The van der Waals surface area contributed by atoms with Gasteiger partial charge in [-0.25, -0.2) is 0 Å². The van der Waals surface area contributed by atoms with Gasteiger partial charge in [0, 0.05) is 12.6 Å². The lowest BCUT2D eigenvalue weighted by molar-refractivity contribution is 0.135. The molecule has 1 rings (SSSR count). The van der Waals surface area contributed by atoms with Gasteiger partial charge in [-0.15, -0.1) is 0 Å². The Bertz CT molecular complexity index is 231. The summed E-state index contributed by atoms with van der Waals surface area (Å²) in [6.07, 6.45) is 8.86. The van der Waals surface area contributed by atoms with Crippen LogP contribution in [0.2, 0.25) is 0 Å². The van der Waals surface area contributed by atoms with Gasteiger partial charge in [-0.1, -0.05) is 40.5 Å². The molecule has 2 nitrogen and oxygen atoms in total. The molecule has 0 aromatic heterocycles. The van der Waals surface area contributed by atoms with Crippen LogP contribution in [0.4, 0.5) is 0 Å². The Kier molecular flexibility index (Phi) is 7.38. The number of hydrogen-bond acceptors (Lipinski definition) is 2. The van der Waals surface area contributed by atoms with Crippen LogP contribution in [0.1, 0.15) is 72.6 Å². The molecule has 1 aliphatic rings. The van der Waals surface area contributed by atoms with E-state index in [0.29, 0.717) is 17.9 Å². The van der Waals surface area contributed by atoms with Crippen molar-refractivity contribution in [2.45, 2.75) is 78.7 Å². The number of hydrogen-bond donors (Lipinski definition) is 2. The lowest BCUT2D eigenvalue weighted by Gasteiger charge is -2.39. The van der Waals surface area contributed by atoms with Crippen molar-refractivity contribution in [3.8, 4) is 0 Å². The average molecular weight is 269 g/mol. The highest BCUT2D eigenvalue weighted by atomic mass is 16.3. The summed E-state index contributed by atoms with van der Waals surface area (Å²) in [6, 6.07) is 0.719. The lowest BCUT2D eigenvalue weighted by Crippen LogP contribution is -2.39. The number of aliphatic hydroxyl groups is 1. The Labute approximate surface area is 120 Å². The summed E-state index contributed by atoms with van der Waals surface area (Å²) in [7, 11) is 0. The van der Waals surface area contributed by atoms with Crippen molar-refractivity contribution in [3.05, 3.63) is 0 Å². The van der Waals surface area contributed by atoms with Crippen LogP contribution in [-0.2, 0) is 0 Å². The summed E-state index contributed by atoms with van der Waals surface area (Å²) in [5, 5.41) is 12.8. The van der Waals surface area contributed by atoms with Crippen LogP contribution in [0.5, 0.6) is 0 Å². The summed E-state index contributed by atoms with van der Waals surface area (Å²) in [6.45, 7) is 10.8. The van der Waals surface area contributed by atoms with Crippen molar-refractivity contribution in [1.82, 2.24) is 5.32 Å². The second-order valence-corrected chi connectivity index (χ2v) is 7.09. The van der Waals surface area contributed by atoms with Gasteiger partial charge in [-0.3, -0.25) is 0 Å². The molecule has 2 N–H and O–H groups in total. The van der Waals surface area contributed by atoms with E-state index in [9.17, 15) is 0 Å². The van der Waals surface area contributed by atoms with Crippen LogP contribution < -0.4 is 5.32 Å². The molecule has 0 aromatic carbocycles. The number of aliphatic hydroxyl groups excluding tert-OH is 1. The standard InChI is InChI=1S/C17H35NO/c1-5-14(11-12-19)13-18-16-9-7-15(8-10-16)17(3,4)6-2/h14-16,18-19H,5-13H2,1-4H3. The normalized spacial score (nSPS) is 26.4. The topological polar surface area (TPSA) is 32.3 Å². The van der Waals surface area contributed by atoms with Crippen molar-refractivity contribution in [2.75, 3.05) is 13.2 Å². The van der Waals surface area contributed by atoms with Crippen LogP contribution in [0.3, 0.4) is 0 Å². The molecule has 19 heavy (non-hydrogen) atoms. The smallest absolute Gasteiger partial charge is 0.0434 e. The summed E-state index contributed by atoms with van der Waals surface area (Å²) < 4.78 is 0. The summed E-state index contributed by atoms with van der Waals surface area (Å²) in [5.74, 6) is 1.56. The van der Waals surface area contributed by atoms with Crippen molar-refractivity contribution >= 4 is 0 Å². The van der Waals surface area contributed by atoms with E-state index in [-0.39, 0.29) is 0 Å². The molecule has 1 aliphatic carbocycles. The molecule has 0 spiro atoms. The SMILES string of the molecule is CCC(CCO)CNC1CCC(C(C)(C)CC)CC1. The highest BCUT2D eigenvalue weighted by molar-refractivity contribution is 4.85. The van der Waals surface area contributed by atoms with E-state index >= 15 is 0 Å². The molecule has 1 unspecified atom stereocenters. The molecule has 1 fully saturated rings. The van der Waals surface area contributed by atoms with E-state index in [1.165, 1.54) is 38.5 Å². The second-order valence-electron chi connectivity index (χ2n) is 7.09. The van der Waals surface area contributed by atoms with Gasteiger partial charge in [0.25, 0.3) is 0 Å². The Morgan fingerprint density at radius 2 is 1.79 bits per heavy atom. The Morgan fingerprint density at radius 3 is 2.26 bits per heavy atom. The molecular weight excluding hydrogens is 234 g/mol. The fourth-order valence-corrected chi connectivity index (χ4v) is 3.33. The predicted octanol–water partition coefficient (Wildman–Crippen LogP) is 3.98. The molecule has 0 aliphatic heterocycles. The van der Waals surface area contributed by atoms with Crippen molar-refractivity contribution < 1.29 is 5.11 Å². The summed E-state index contributed by atoms with van der Waals surface area (Å²) in [4.78, 5) is 0. The minimum atomic E-state index is 0.331. The van der Waals surface area contributed by atoms with E-state index in [0.717, 1.165) is 24.9 Å². The largest absolute Gasteiger partial charge is 0.396 e. The highest BCUT2D eigenvalue weighted by Gasteiger charge is 2.31. The Balaban J connectivity index is 2.26. The minimum absolute atomic E-state index is 0.331. The van der Waals surface area contributed by atoms with Gasteiger partial charge in [0.2, 0.25) is 0 Å². The molecule has 0 aromatic rings. The van der Waals surface area contributed by atoms with E-state index in [1.54, 1.807) is 0 Å². The first kappa shape index (κ1) is 17.0. The van der Waals surface area contributed by atoms with Gasteiger partial charge in [0.05, 0.1) is 0 Å². The van der Waals surface area contributed by atoms with E-state index < -0.39 is 0 Å². The van der Waals surface area contributed by atoms with Crippen LogP contribution in [0, 0.1) is 17.3 Å². The zero-order chi connectivity index (χ0) is 14.3. The highest BCUT2D eigenvalue weighted by Crippen LogP contribution is 2.40. The van der Waals surface area contributed by atoms with Crippen molar-refractivity contribution in [3.63, 3.8) is 0 Å². The van der Waals surface area contributed by atoms with E-state index in [4.69, 9.17) is 5.11 Å². The first-order chi connectivity index (χ1) is 9.03. The zero-order valence-corrected chi connectivity index (χ0v) is 13.5.